The Morgan fingerprint density at radius 3 is 1.69 bits per heavy atom. The zero-order valence-corrected chi connectivity index (χ0v) is 12.3. The van der Waals surface area contributed by atoms with Gasteiger partial charge in [0.15, 0.2) is 0 Å². The Morgan fingerprint density at radius 1 is 1.06 bits per heavy atom. The lowest BCUT2D eigenvalue weighted by molar-refractivity contribution is 0.0687. The van der Waals surface area contributed by atoms with Crippen LogP contribution in [-0.4, -0.2) is 28.6 Å². The molecule has 4 heteroatoms. The van der Waals surface area contributed by atoms with Crippen molar-refractivity contribution in [2.24, 2.45) is 5.92 Å². The van der Waals surface area contributed by atoms with E-state index in [-0.39, 0.29) is 0 Å². The van der Waals surface area contributed by atoms with Gasteiger partial charge in [-0.1, -0.05) is 19.1 Å². The third-order valence-corrected chi connectivity index (χ3v) is 5.79. The summed E-state index contributed by atoms with van der Waals surface area (Å²) >= 11 is 0. The molecule has 0 aliphatic carbocycles. The van der Waals surface area contributed by atoms with E-state index in [1.807, 2.05) is 27.7 Å². The molecule has 0 fully saturated rings. The van der Waals surface area contributed by atoms with Crippen LogP contribution < -0.4 is 0 Å². The van der Waals surface area contributed by atoms with Crippen molar-refractivity contribution in [3.63, 3.8) is 0 Å². The first-order valence-electron chi connectivity index (χ1n) is 6.08. The molecule has 0 bridgehead atoms. The third kappa shape index (κ3) is 5.25. The van der Waals surface area contributed by atoms with Crippen molar-refractivity contribution in [1.29, 1.82) is 0 Å². The topological polar surface area (TPSA) is 27.7 Å². The smallest absolute Gasteiger partial charge is 0.374 e. The van der Waals surface area contributed by atoms with E-state index in [0.717, 1.165) is 11.6 Å². The van der Waals surface area contributed by atoms with Crippen LogP contribution in [0.1, 0.15) is 34.6 Å². The standard InChI is InChI=1S/C12H26O3Si/c1-7-13-16(14-8-2,15-9-3)10-12(6)11(4)5/h12H,4,7-10H2,1-3,5-6H3/t12-/m0/s1. The van der Waals surface area contributed by atoms with Crippen LogP contribution in [0.3, 0.4) is 0 Å². The SMILES string of the molecule is C=C(C)[C@@H](C)C[Si](OCC)(OCC)OCC. The minimum absolute atomic E-state index is 0.372. The van der Waals surface area contributed by atoms with Crippen LogP contribution >= 0.6 is 0 Å². The first-order valence-corrected chi connectivity index (χ1v) is 8.01. The Bertz CT molecular complexity index is 189. The molecule has 1 atom stereocenters. The quantitative estimate of drug-likeness (QED) is 0.462. The molecule has 0 rings (SSSR count). The summed E-state index contributed by atoms with van der Waals surface area (Å²) in [4.78, 5) is 0. The van der Waals surface area contributed by atoms with Crippen LogP contribution in [0, 0.1) is 5.92 Å². The molecule has 0 amide bonds. The normalized spacial score (nSPS) is 13.8. The summed E-state index contributed by atoms with van der Waals surface area (Å²) in [6.07, 6.45) is 0. The fourth-order valence-corrected chi connectivity index (χ4v) is 4.53. The highest BCUT2D eigenvalue weighted by Crippen LogP contribution is 2.25. The zero-order valence-electron chi connectivity index (χ0n) is 11.3. The van der Waals surface area contributed by atoms with Crippen molar-refractivity contribution in [3.05, 3.63) is 12.2 Å². The average Bonchev–Trinajstić information content (AvgIpc) is 2.18. The summed E-state index contributed by atoms with van der Waals surface area (Å²) in [6.45, 7) is 16.0. The van der Waals surface area contributed by atoms with Gasteiger partial charge in [-0.15, -0.1) is 0 Å². The molecule has 0 aromatic carbocycles. The van der Waals surface area contributed by atoms with Crippen LogP contribution in [0.2, 0.25) is 6.04 Å². The second-order valence-corrected chi connectivity index (χ2v) is 6.57. The maximum Gasteiger partial charge on any atom is 0.501 e. The second-order valence-electron chi connectivity index (χ2n) is 3.93. The van der Waals surface area contributed by atoms with Gasteiger partial charge < -0.3 is 13.3 Å². The highest BCUT2D eigenvalue weighted by Gasteiger charge is 2.41. The molecule has 0 aromatic heterocycles. The van der Waals surface area contributed by atoms with E-state index in [0.29, 0.717) is 25.7 Å². The predicted octanol–water partition coefficient (Wildman–Crippen LogP) is 3.25. The van der Waals surface area contributed by atoms with Crippen molar-refractivity contribution < 1.29 is 13.3 Å². The van der Waals surface area contributed by atoms with Crippen LogP contribution in [0.5, 0.6) is 0 Å². The van der Waals surface area contributed by atoms with Gasteiger partial charge >= 0.3 is 8.80 Å². The molecule has 96 valence electrons. The number of rotatable bonds is 9. The summed E-state index contributed by atoms with van der Waals surface area (Å²) in [5, 5.41) is 0. The molecular weight excluding hydrogens is 220 g/mol. The van der Waals surface area contributed by atoms with Gasteiger partial charge in [0.05, 0.1) is 0 Å². The van der Waals surface area contributed by atoms with Crippen molar-refractivity contribution in [3.8, 4) is 0 Å². The Balaban J connectivity index is 4.64. The molecule has 0 spiro atoms. The van der Waals surface area contributed by atoms with Gasteiger partial charge in [0.1, 0.15) is 0 Å². The third-order valence-electron chi connectivity index (χ3n) is 2.49. The van der Waals surface area contributed by atoms with Gasteiger partial charge in [0, 0.05) is 25.9 Å². The van der Waals surface area contributed by atoms with Gasteiger partial charge in [-0.25, -0.2) is 0 Å². The molecule has 0 aliphatic rings. The van der Waals surface area contributed by atoms with E-state index in [4.69, 9.17) is 13.3 Å². The van der Waals surface area contributed by atoms with Gasteiger partial charge in [0.2, 0.25) is 0 Å². The molecule has 0 unspecified atom stereocenters. The molecule has 0 aliphatic heterocycles. The summed E-state index contributed by atoms with van der Waals surface area (Å²) in [5.41, 5.74) is 1.15. The number of allylic oxidation sites excluding steroid dienone is 1. The molecule has 0 heterocycles. The highest BCUT2D eigenvalue weighted by molar-refractivity contribution is 6.60. The van der Waals surface area contributed by atoms with E-state index in [9.17, 15) is 0 Å². The van der Waals surface area contributed by atoms with E-state index in [1.165, 1.54) is 0 Å². The van der Waals surface area contributed by atoms with Gasteiger partial charge in [-0.3, -0.25) is 0 Å². The summed E-state index contributed by atoms with van der Waals surface area (Å²) in [7, 11) is -2.48. The van der Waals surface area contributed by atoms with E-state index in [1.54, 1.807) is 0 Å². The first-order chi connectivity index (χ1) is 7.51. The summed E-state index contributed by atoms with van der Waals surface area (Å²) in [6, 6.07) is 0.817. The Kier molecular flexibility index (Phi) is 7.92. The molecule has 0 N–H and O–H groups in total. The molecule has 16 heavy (non-hydrogen) atoms. The predicted molar refractivity (Wildman–Crippen MR) is 69.4 cm³/mol. The van der Waals surface area contributed by atoms with Crippen LogP contribution in [0.25, 0.3) is 0 Å². The van der Waals surface area contributed by atoms with Crippen LogP contribution in [0.15, 0.2) is 12.2 Å². The van der Waals surface area contributed by atoms with Crippen molar-refractivity contribution in [2.75, 3.05) is 19.8 Å². The monoisotopic (exact) mass is 246 g/mol. The molecule has 0 saturated carbocycles. The van der Waals surface area contributed by atoms with Crippen molar-refractivity contribution in [2.45, 2.75) is 40.7 Å². The summed E-state index contributed by atoms with van der Waals surface area (Å²) < 4.78 is 17.4. The fraction of sp³-hybridized carbons (Fsp3) is 0.833. The van der Waals surface area contributed by atoms with Gasteiger partial charge in [0.25, 0.3) is 0 Å². The van der Waals surface area contributed by atoms with Crippen molar-refractivity contribution >= 4 is 8.80 Å². The highest BCUT2D eigenvalue weighted by atomic mass is 28.4. The molecule has 3 nitrogen and oxygen atoms in total. The number of hydrogen-bond acceptors (Lipinski definition) is 3. The largest absolute Gasteiger partial charge is 0.501 e. The maximum atomic E-state index is 5.78. The zero-order chi connectivity index (χ0) is 12.6. The van der Waals surface area contributed by atoms with Crippen LogP contribution in [-0.2, 0) is 13.3 Å². The Hall–Kier alpha value is -0.163. The van der Waals surface area contributed by atoms with Crippen LogP contribution in [0.4, 0.5) is 0 Å². The lowest BCUT2D eigenvalue weighted by Gasteiger charge is -2.30. The first kappa shape index (κ1) is 15.8. The minimum atomic E-state index is -2.48. The molecule has 0 saturated heterocycles. The van der Waals surface area contributed by atoms with E-state index < -0.39 is 8.80 Å². The molecular formula is C12H26O3Si. The van der Waals surface area contributed by atoms with E-state index in [2.05, 4.69) is 13.5 Å². The van der Waals surface area contributed by atoms with E-state index >= 15 is 0 Å². The fourth-order valence-electron chi connectivity index (χ4n) is 1.51. The Morgan fingerprint density at radius 2 is 1.44 bits per heavy atom. The molecule has 0 radical (unpaired) electrons. The maximum absolute atomic E-state index is 5.78. The lowest BCUT2D eigenvalue weighted by Crippen LogP contribution is -2.47. The summed E-state index contributed by atoms with van der Waals surface area (Å²) in [5.74, 6) is 0.372. The van der Waals surface area contributed by atoms with Gasteiger partial charge in [-0.05, 0) is 33.6 Å². The molecule has 0 aromatic rings. The van der Waals surface area contributed by atoms with Crippen molar-refractivity contribution in [1.82, 2.24) is 0 Å². The Labute approximate surface area is 101 Å². The average molecular weight is 246 g/mol. The van der Waals surface area contributed by atoms with Gasteiger partial charge in [-0.2, -0.15) is 0 Å². The second kappa shape index (κ2) is 8.01. The minimum Gasteiger partial charge on any atom is -0.374 e. The number of hydrogen-bond donors (Lipinski definition) is 0. The lowest BCUT2D eigenvalue weighted by atomic mass is 10.1.